The smallest absolute Gasteiger partial charge is 0.226 e. The van der Waals surface area contributed by atoms with Crippen LogP contribution in [-0.4, -0.2) is 37.0 Å². The predicted octanol–water partition coefficient (Wildman–Crippen LogP) is 2.97. The number of hydrogen-bond donors (Lipinski definition) is 1. The van der Waals surface area contributed by atoms with Crippen molar-refractivity contribution in [2.75, 3.05) is 26.2 Å². The fourth-order valence-corrected chi connectivity index (χ4v) is 4.49. The van der Waals surface area contributed by atoms with Crippen LogP contribution in [0.2, 0.25) is 0 Å². The van der Waals surface area contributed by atoms with E-state index >= 15 is 0 Å². The second-order valence-electron chi connectivity index (χ2n) is 7.41. The lowest BCUT2D eigenvalue weighted by Gasteiger charge is -2.31. The van der Waals surface area contributed by atoms with E-state index in [2.05, 4.69) is 16.8 Å². The molecule has 1 amide bonds. The van der Waals surface area contributed by atoms with Crippen molar-refractivity contribution in [2.24, 2.45) is 17.3 Å². The molecule has 118 valence electrons. The molecule has 1 spiro atoms. The van der Waals surface area contributed by atoms with E-state index in [9.17, 15) is 4.79 Å². The third-order valence-electron chi connectivity index (χ3n) is 5.95. The normalized spacial score (nSPS) is 28.3. The van der Waals surface area contributed by atoms with Crippen LogP contribution in [0.15, 0.2) is 12.7 Å². The maximum absolute atomic E-state index is 12.9. The molecule has 0 aromatic heterocycles. The number of nitrogens with zero attached hydrogens (tertiary/aromatic N) is 1. The van der Waals surface area contributed by atoms with Gasteiger partial charge in [-0.25, -0.2) is 0 Å². The molecule has 2 saturated carbocycles. The van der Waals surface area contributed by atoms with Crippen LogP contribution in [0.4, 0.5) is 0 Å². The van der Waals surface area contributed by atoms with Crippen LogP contribution in [0, 0.1) is 17.3 Å². The van der Waals surface area contributed by atoms with Gasteiger partial charge in [-0.05, 0) is 56.5 Å². The molecule has 1 saturated heterocycles. The van der Waals surface area contributed by atoms with Gasteiger partial charge >= 0.3 is 0 Å². The molecule has 3 fully saturated rings. The first-order chi connectivity index (χ1) is 10.2. The number of carbonyl (C=O) groups excluding carboxylic acids is 1. The molecule has 21 heavy (non-hydrogen) atoms. The molecule has 1 atom stereocenters. The number of carbonyl (C=O) groups is 1. The highest BCUT2D eigenvalue weighted by Gasteiger charge is 2.58. The van der Waals surface area contributed by atoms with Gasteiger partial charge in [0.2, 0.25) is 5.91 Å². The van der Waals surface area contributed by atoms with E-state index in [1.807, 2.05) is 6.08 Å². The van der Waals surface area contributed by atoms with Gasteiger partial charge in [0, 0.05) is 19.0 Å². The fraction of sp³-hybridized carbons (Fsp3) is 0.833. The number of piperidine rings is 1. The first kappa shape index (κ1) is 15.1. The van der Waals surface area contributed by atoms with E-state index < -0.39 is 0 Å². The lowest BCUT2D eigenvalue weighted by Crippen LogP contribution is -2.39. The Hall–Kier alpha value is -0.830. The van der Waals surface area contributed by atoms with Crippen molar-refractivity contribution in [1.29, 1.82) is 0 Å². The Labute approximate surface area is 129 Å². The van der Waals surface area contributed by atoms with E-state index in [-0.39, 0.29) is 0 Å². The van der Waals surface area contributed by atoms with Gasteiger partial charge in [0.1, 0.15) is 0 Å². The minimum Gasteiger partial charge on any atom is -0.338 e. The highest BCUT2D eigenvalue weighted by molar-refractivity contribution is 5.83. The molecule has 1 N–H and O–H groups in total. The van der Waals surface area contributed by atoms with Crippen molar-refractivity contribution in [3.8, 4) is 0 Å². The third-order valence-corrected chi connectivity index (χ3v) is 5.95. The van der Waals surface area contributed by atoms with Gasteiger partial charge in [0.15, 0.2) is 0 Å². The lowest BCUT2D eigenvalue weighted by molar-refractivity contribution is -0.133. The van der Waals surface area contributed by atoms with E-state index in [0.717, 1.165) is 38.5 Å². The summed E-state index contributed by atoms with van der Waals surface area (Å²) in [7, 11) is 0. The molecule has 1 heterocycles. The van der Waals surface area contributed by atoms with Gasteiger partial charge in [0.05, 0.1) is 0 Å². The SMILES string of the molecule is C=CCN(CC1CCCCC1)C(=O)C1CC12CCNCC2. The van der Waals surface area contributed by atoms with Gasteiger partial charge < -0.3 is 10.2 Å². The maximum Gasteiger partial charge on any atom is 0.226 e. The summed E-state index contributed by atoms with van der Waals surface area (Å²) < 4.78 is 0. The van der Waals surface area contributed by atoms with Crippen molar-refractivity contribution < 1.29 is 4.79 Å². The van der Waals surface area contributed by atoms with Crippen LogP contribution in [0.5, 0.6) is 0 Å². The molecule has 0 aromatic rings. The highest BCUT2D eigenvalue weighted by Crippen LogP contribution is 2.59. The first-order valence-corrected chi connectivity index (χ1v) is 8.85. The summed E-state index contributed by atoms with van der Waals surface area (Å²) in [4.78, 5) is 15.0. The molecule has 1 aliphatic heterocycles. The van der Waals surface area contributed by atoms with Crippen molar-refractivity contribution >= 4 is 5.91 Å². The second kappa shape index (κ2) is 6.51. The molecule has 3 heteroatoms. The van der Waals surface area contributed by atoms with Crippen LogP contribution in [-0.2, 0) is 4.79 Å². The van der Waals surface area contributed by atoms with E-state index in [4.69, 9.17) is 0 Å². The zero-order valence-corrected chi connectivity index (χ0v) is 13.3. The second-order valence-corrected chi connectivity index (χ2v) is 7.41. The molecule has 3 rings (SSSR count). The number of amides is 1. The molecule has 1 unspecified atom stereocenters. The predicted molar refractivity (Wildman–Crippen MR) is 86.0 cm³/mol. The van der Waals surface area contributed by atoms with Gasteiger partial charge in [0.25, 0.3) is 0 Å². The van der Waals surface area contributed by atoms with E-state index in [1.54, 1.807) is 0 Å². The standard InChI is InChI=1S/C18H30N2O/c1-2-12-20(14-15-6-4-3-5-7-15)17(21)16-13-18(16)8-10-19-11-9-18/h2,15-16,19H,1,3-14H2. The van der Waals surface area contributed by atoms with Crippen molar-refractivity contribution in [3.05, 3.63) is 12.7 Å². The van der Waals surface area contributed by atoms with Crippen LogP contribution < -0.4 is 5.32 Å². The Morgan fingerprint density at radius 3 is 2.62 bits per heavy atom. The molecular formula is C18H30N2O. The topological polar surface area (TPSA) is 32.3 Å². The first-order valence-electron chi connectivity index (χ1n) is 8.85. The maximum atomic E-state index is 12.9. The van der Waals surface area contributed by atoms with Gasteiger partial charge in [-0.3, -0.25) is 4.79 Å². The summed E-state index contributed by atoms with van der Waals surface area (Å²) in [6.07, 6.45) is 12.1. The summed E-state index contributed by atoms with van der Waals surface area (Å²) in [6.45, 7) is 7.74. The van der Waals surface area contributed by atoms with Crippen LogP contribution in [0.25, 0.3) is 0 Å². The Balaban J connectivity index is 1.58. The van der Waals surface area contributed by atoms with Gasteiger partial charge in [-0.15, -0.1) is 6.58 Å². The minimum atomic E-state index is 0.308. The van der Waals surface area contributed by atoms with Crippen LogP contribution in [0.3, 0.4) is 0 Å². The van der Waals surface area contributed by atoms with Crippen molar-refractivity contribution in [3.63, 3.8) is 0 Å². The molecule has 0 radical (unpaired) electrons. The quantitative estimate of drug-likeness (QED) is 0.790. The molecule has 2 aliphatic carbocycles. The van der Waals surface area contributed by atoms with Crippen LogP contribution >= 0.6 is 0 Å². The summed E-state index contributed by atoms with van der Waals surface area (Å²) in [5, 5.41) is 3.42. The van der Waals surface area contributed by atoms with Crippen LogP contribution in [0.1, 0.15) is 51.4 Å². The molecular weight excluding hydrogens is 260 g/mol. The third kappa shape index (κ3) is 3.33. The summed E-state index contributed by atoms with van der Waals surface area (Å²) in [6, 6.07) is 0. The Kier molecular flexibility index (Phi) is 4.68. The molecule has 3 aliphatic rings. The Morgan fingerprint density at radius 2 is 1.95 bits per heavy atom. The zero-order valence-electron chi connectivity index (χ0n) is 13.3. The van der Waals surface area contributed by atoms with Gasteiger partial charge in [-0.1, -0.05) is 25.3 Å². The average molecular weight is 290 g/mol. The number of nitrogens with one attached hydrogen (secondary N) is 1. The summed E-state index contributed by atoms with van der Waals surface area (Å²) in [5.41, 5.74) is 0.355. The molecule has 0 bridgehead atoms. The summed E-state index contributed by atoms with van der Waals surface area (Å²) in [5.74, 6) is 1.45. The number of hydrogen-bond acceptors (Lipinski definition) is 2. The fourth-order valence-electron chi connectivity index (χ4n) is 4.49. The summed E-state index contributed by atoms with van der Waals surface area (Å²) >= 11 is 0. The van der Waals surface area contributed by atoms with Gasteiger partial charge in [-0.2, -0.15) is 0 Å². The van der Waals surface area contributed by atoms with Crippen molar-refractivity contribution in [2.45, 2.75) is 51.4 Å². The Bertz CT molecular complexity index is 381. The molecule has 3 nitrogen and oxygen atoms in total. The number of rotatable bonds is 5. The monoisotopic (exact) mass is 290 g/mol. The van der Waals surface area contributed by atoms with E-state index in [1.165, 1.54) is 44.9 Å². The average Bonchev–Trinajstić information content (AvgIpc) is 3.21. The highest BCUT2D eigenvalue weighted by atomic mass is 16.2. The Morgan fingerprint density at radius 1 is 1.24 bits per heavy atom. The van der Waals surface area contributed by atoms with Crippen molar-refractivity contribution in [1.82, 2.24) is 10.2 Å². The minimum absolute atomic E-state index is 0.308. The largest absolute Gasteiger partial charge is 0.338 e. The van der Waals surface area contributed by atoms with E-state index in [0.29, 0.717) is 17.2 Å². The zero-order chi connectivity index (χ0) is 14.7. The molecule has 0 aromatic carbocycles. The lowest BCUT2D eigenvalue weighted by atomic mass is 9.88.